The molecule has 0 spiro atoms. The predicted octanol–water partition coefficient (Wildman–Crippen LogP) is 3.22. The fraction of sp³-hybridized carbons (Fsp3) is 0.158. The average molecular weight is 513 g/mol. The molecule has 0 aliphatic carbocycles. The van der Waals surface area contributed by atoms with E-state index >= 15 is 0 Å². The highest BCUT2D eigenvalue weighted by atomic mass is 35.5. The summed E-state index contributed by atoms with van der Waals surface area (Å²) in [5.41, 5.74) is 4.84. The molecule has 0 bridgehead atoms. The summed E-state index contributed by atoms with van der Waals surface area (Å²) in [6.07, 6.45) is -0.376. The second kappa shape index (κ2) is 10.1. The van der Waals surface area contributed by atoms with E-state index in [4.69, 9.17) is 17.3 Å². The number of amides is 2. The van der Waals surface area contributed by atoms with E-state index in [9.17, 15) is 22.8 Å². The lowest BCUT2D eigenvalue weighted by molar-refractivity contribution is -0.137. The predicted molar refractivity (Wildman–Crippen MR) is 120 cm³/mol. The lowest BCUT2D eigenvalue weighted by Gasteiger charge is -2.17. The standard InChI is InChI=1S/C19H16ClF3N8O2S/c1-8(29-18(33)15-10-5-28-31-16(10)27-7-26-15)9(2)34-13(4-24)17(32)30-14-3-11(19(21,22)23)12(20)6-25-14/h3-8H,2,24H2,1H3,(H,29,33)(H,25,30,32)(H,26,27,28,31)/b13-4-/t8-/m1/s1. The van der Waals surface area contributed by atoms with Gasteiger partial charge in [-0.2, -0.15) is 18.3 Å². The van der Waals surface area contributed by atoms with E-state index in [0.29, 0.717) is 22.0 Å². The molecule has 15 heteroatoms. The Hall–Kier alpha value is -3.65. The highest BCUT2D eigenvalue weighted by Gasteiger charge is 2.34. The summed E-state index contributed by atoms with van der Waals surface area (Å²) in [5, 5.41) is 11.2. The largest absolute Gasteiger partial charge is 0.418 e. The number of nitrogens with one attached hydrogen (secondary N) is 3. The molecule has 0 unspecified atom stereocenters. The van der Waals surface area contributed by atoms with Crippen molar-refractivity contribution in [2.24, 2.45) is 5.73 Å². The number of alkyl halides is 3. The van der Waals surface area contributed by atoms with E-state index in [1.165, 1.54) is 12.5 Å². The molecule has 178 valence electrons. The molecular weight excluding hydrogens is 497 g/mol. The van der Waals surface area contributed by atoms with Crippen molar-refractivity contribution in [2.75, 3.05) is 5.32 Å². The Labute approximate surface area is 199 Å². The molecule has 10 nitrogen and oxygen atoms in total. The monoisotopic (exact) mass is 512 g/mol. The van der Waals surface area contributed by atoms with Crippen molar-refractivity contribution >= 4 is 52.0 Å². The maximum absolute atomic E-state index is 13.0. The number of anilines is 1. The minimum Gasteiger partial charge on any atom is -0.404 e. The lowest BCUT2D eigenvalue weighted by atomic mass is 10.2. The molecule has 0 fully saturated rings. The molecule has 3 aromatic rings. The zero-order valence-electron chi connectivity index (χ0n) is 17.3. The van der Waals surface area contributed by atoms with Gasteiger partial charge in [-0.3, -0.25) is 14.7 Å². The van der Waals surface area contributed by atoms with Crippen molar-refractivity contribution < 1.29 is 22.8 Å². The average Bonchev–Trinajstić information content (AvgIpc) is 3.26. The van der Waals surface area contributed by atoms with Crippen LogP contribution in [0, 0.1) is 0 Å². The van der Waals surface area contributed by atoms with Gasteiger partial charge in [-0.1, -0.05) is 29.9 Å². The van der Waals surface area contributed by atoms with Crippen molar-refractivity contribution in [2.45, 2.75) is 19.1 Å². The minimum atomic E-state index is -4.73. The number of pyridine rings is 1. The van der Waals surface area contributed by atoms with E-state index in [0.717, 1.165) is 24.2 Å². The van der Waals surface area contributed by atoms with Gasteiger partial charge in [-0.15, -0.1) is 0 Å². The van der Waals surface area contributed by atoms with Crippen molar-refractivity contribution in [3.63, 3.8) is 0 Å². The van der Waals surface area contributed by atoms with E-state index in [-0.39, 0.29) is 16.4 Å². The van der Waals surface area contributed by atoms with Gasteiger partial charge in [0.05, 0.1) is 33.1 Å². The van der Waals surface area contributed by atoms with Gasteiger partial charge in [0.15, 0.2) is 5.65 Å². The maximum atomic E-state index is 13.0. The molecular formula is C19H16ClF3N8O2S. The summed E-state index contributed by atoms with van der Waals surface area (Å²) in [7, 11) is 0. The fourth-order valence-electron chi connectivity index (χ4n) is 2.58. The van der Waals surface area contributed by atoms with Gasteiger partial charge < -0.3 is 16.4 Å². The van der Waals surface area contributed by atoms with Crippen LogP contribution >= 0.6 is 23.4 Å². The third kappa shape index (κ3) is 5.63. The quantitative estimate of drug-likeness (QED) is 0.352. The molecule has 0 saturated heterocycles. The molecule has 3 aromatic heterocycles. The van der Waals surface area contributed by atoms with Crippen LogP contribution in [0.4, 0.5) is 19.0 Å². The van der Waals surface area contributed by atoms with Gasteiger partial charge in [0.25, 0.3) is 11.8 Å². The number of fused-ring (bicyclic) bond motifs is 1. The Morgan fingerprint density at radius 1 is 1.29 bits per heavy atom. The Kier molecular flexibility index (Phi) is 7.41. The number of H-pyrrole nitrogens is 1. The van der Waals surface area contributed by atoms with Gasteiger partial charge in [0, 0.05) is 17.3 Å². The zero-order chi connectivity index (χ0) is 25.0. The lowest BCUT2D eigenvalue weighted by Crippen LogP contribution is -2.34. The Morgan fingerprint density at radius 3 is 2.71 bits per heavy atom. The second-order valence-electron chi connectivity index (χ2n) is 6.65. The third-order valence-corrected chi connectivity index (χ3v) is 5.77. The number of carbonyl (C=O) groups is 2. The molecule has 3 heterocycles. The molecule has 5 N–H and O–H groups in total. The van der Waals surface area contributed by atoms with Crippen LogP contribution in [0.1, 0.15) is 23.0 Å². The van der Waals surface area contributed by atoms with Gasteiger partial charge in [-0.25, -0.2) is 15.0 Å². The van der Waals surface area contributed by atoms with Crippen LogP contribution in [0.25, 0.3) is 11.0 Å². The van der Waals surface area contributed by atoms with Gasteiger partial charge in [-0.05, 0) is 13.0 Å². The summed E-state index contributed by atoms with van der Waals surface area (Å²) in [6, 6.07) is -0.0441. The van der Waals surface area contributed by atoms with Crippen molar-refractivity contribution in [3.8, 4) is 0 Å². The number of aromatic amines is 1. The van der Waals surface area contributed by atoms with Crippen LogP contribution < -0.4 is 16.4 Å². The Balaban J connectivity index is 1.65. The van der Waals surface area contributed by atoms with Crippen molar-refractivity contribution in [1.29, 1.82) is 0 Å². The first-order valence-electron chi connectivity index (χ1n) is 9.28. The smallest absolute Gasteiger partial charge is 0.404 e. The summed E-state index contributed by atoms with van der Waals surface area (Å²) in [4.78, 5) is 37.0. The highest BCUT2D eigenvalue weighted by molar-refractivity contribution is 8.07. The van der Waals surface area contributed by atoms with Gasteiger partial charge in [0.2, 0.25) is 0 Å². The normalized spacial score (nSPS) is 12.9. The number of hydrogen-bond acceptors (Lipinski definition) is 8. The second-order valence-corrected chi connectivity index (χ2v) is 8.23. The van der Waals surface area contributed by atoms with Crippen molar-refractivity contribution in [3.05, 3.63) is 63.7 Å². The van der Waals surface area contributed by atoms with Crippen LogP contribution in [-0.4, -0.2) is 43.0 Å². The minimum absolute atomic E-state index is 0.0873. The van der Waals surface area contributed by atoms with Crippen LogP contribution in [0.2, 0.25) is 5.02 Å². The first-order valence-corrected chi connectivity index (χ1v) is 10.5. The van der Waals surface area contributed by atoms with E-state index in [1.807, 2.05) is 0 Å². The van der Waals surface area contributed by atoms with Gasteiger partial charge in [0.1, 0.15) is 17.8 Å². The van der Waals surface area contributed by atoms with Crippen LogP contribution in [0.5, 0.6) is 0 Å². The zero-order valence-corrected chi connectivity index (χ0v) is 18.8. The maximum Gasteiger partial charge on any atom is 0.418 e. The number of rotatable bonds is 7. The number of carbonyl (C=O) groups excluding carboxylic acids is 2. The summed E-state index contributed by atoms with van der Waals surface area (Å²) >= 11 is 6.36. The number of halogens is 4. The van der Waals surface area contributed by atoms with E-state index in [2.05, 4.69) is 42.4 Å². The molecule has 3 rings (SSSR count). The molecule has 34 heavy (non-hydrogen) atoms. The number of aromatic nitrogens is 5. The molecule has 0 aromatic carbocycles. The molecule has 1 atom stereocenters. The molecule has 0 aliphatic rings. The molecule has 2 amide bonds. The summed E-state index contributed by atoms with van der Waals surface area (Å²) < 4.78 is 39.1. The van der Waals surface area contributed by atoms with Gasteiger partial charge >= 0.3 is 6.18 Å². The van der Waals surface area contributed by atoms with E-state index in [1.54, 1.807) is 6.92 Å². The Morgan fingerprint density at radius 2 is 2.03 bits per heavy atom. The molecule has 0 aliphatic heterocycles. The molecule has 0 radical (unpaired) electrons. The number of nitrogens with zero attached hydrogens (tertiary/aromatic N) is 4. The molecule has 0 saturated carbocycles. The van der Waals surface area contributed by atoms with Crippen LogP contribution in [0.15, 0.2) is 47.4 Å². The SMILES string of the molecule is C=C(S/C(=C\N)C(=O)Nc1cc(C(F)(F)F)c(Cl)cn1)[C@@H](C)NC(=O)c1ncnc2[nH]ncc12. The summed E-state index contributed by atoms with van der Waals surface area (Å²) in [5.74, 6) is -1.73. The van der Waals surface area contributed by atoms with Crippen molar-refractivity contribution in [1.82, 2.24) is 30.5 Å². The summed E-state index contributed by atoms with van der Waals surface area (Å²) in [6.45, 7) is 5.44. The van der Waals surface area contributed by atoms with Crippen LogP contribution in [0.3, 0.4) is 0 Å². The number of thioether (sulfide) groups is 1. The number of hydrogen-bond donors (Lipinski definition) is 4. The fourth-order valence-corrected chi connectivity index (χ4v) is 3.52. The third-order valence-electron chi connectivity index (χ3n) is 4.31. The first kappa shape index (κ1) is 25.0. The first-order chi connectivity index (χ1) is 16.0. The number of nitrogens with two attached hydrogens (primary N) is 1. The van der Waals surface area contributed by atoms with E-state index < -0.39 is 34.6 Å². The highest BCUT2D eigenvalue weighted by Crippen LogP contribution is 2.35. The van der Waals surface area contributed by atoms with Crippen LogP contribution in [-0.2, 0) is 11.0 Å². The topological polar surface area (TPSA) is 152 Å². The Bertz CT molecular complexity index is 1290.